The Labute approximate surface area is 569 Å². The van der Waals surface area contributed by atoms with E-state index in [1.807, 2.05) is 78.9 Å². The lowest BCUT2D eigenvalue weighted by molar-refractivity contribution is 0.0143. The Balaban J connectivity index is 0.000000116. The van der Waals surface area contributed by atoms with E-state index in [0.717, 1.165) is 118 Å². The third-order valence-electron chi connectivity index (χ3n) is 20.3. The molecule has 15 nitrogen and oxygen atoms in total. The number of aliphatic hydroxyl groups excluding tert-OH is 1. The maximum absolute atomic E-state index is 11.5. The first-order valence-electron chi connectivity index (χ1n) is 33.8. The zero-order valence-electron chi connectivity index (χ0n) is 57.0. The highest BCUT2D eigenvalue weighted by Gasteiger charge is 2.33. The minimum absolute atomic E-state index is 0.521. The largest absolute Gasteiger partial charge is 0.387 e. The van der Waals surface area contributed by atoms with E-state index in [-0.39, 0.29) is 0 Å². The van der Waals surface area contributed by atoms with Gasteiger partial charge in [-0.1, -0.05) is 79.2 Å². The van der Waals surface area contributed by atoms with Gasteiger partial charge in [-0.25, -0.2) is 4.98 Å². The van der Waals surface area contributed by atoms with Gasteiger partial charge in [0.2, 0.25) is 0 Å². The van der Waals surface area contributed by atoms with Crippen molar-refractivity contribution in [3.8, 4) is 0 Å². The molecule has 16 heteroatoms. The monoisotopic (exact) mass is 1300 g/mol. The number of pyridine rings is 3. The van der Waals surface area contributed by atoms with E-state index < -0.39 is 11.7 Å². The molecule has 12 heterocycles. The molecule has 4 aromatic carbocycles. The van der Waals surface area contributed by atoms with Gasteiger partial charge in [-0.2, -0.15) is 0 Å². The lowest BCUT2D eigenvalue weighted by Gasteiger charge is -2.30. The van der Waals surface area contributed by atoms with Crippen LogP contribution in [0.4, 0.5) is 0 Å². The highest BCUT2D eigenvalue weighted by molar-refractivity contribution is 6.31. The molecule has 2 unspecified atom stereocenters. The second kappa shape index (κ2) is 28.1. The minimum Gasteiger partial charge on any atom is -0.387 e. The fourth-order valence-corrected chi connectivity index (χ4v) is 15.3. The van der Waals surface area contributed by atoms with E-state index in [1.165, 1.54) is 105 Å². The van der Waals surface area contributed by atoms with Crippen molar-refractivity contribution in [3.63, 3.8) is 0 Å². The molecule has 4 aliphatic rings. The summed E-state index contributed by atoms with van der Waals surface area (Å²) in [5, 5.41) is 28.3. The van der Waals surface area contributed by atoms with Crippen molar-refractivity contribution in [2.75, 3.05) is 54.4 Å². The molecule has 494 valence electrons. The van der Waals surface area contributed by atoms with E-state index >= 15 is 0 Å². The number of allylic oxidation sites excluding steroid dienone is 1. The van der Waals surface area contributed by atoms with Gasteiger partial charge in [0, 0.05) is 200 Å². The van der Waals surface area contributed by atoms with Gasteiger partial charge in [0.15, 0.2) is 0 Å². The predicted octanol–water partition coefficient (Wildman–Crippen LogP) is 14.0. The Morgan fingerprint density at radius 1 is 0.562 bits per heavy atom. The minimum atomic E-state index is -0.914. The van der Waals surface area contributed by atoms with E-state index in [2.05, 4.69) is 187 Å². The van der Waals surface area contributed by atoms with Crippen molar-refractivity contribution < 1.29 is 10.2 Å². The Morgan fingerprint density at radius 2 is 1.10 bits per heavy atom. The highest BCUT2D eigenvalue weighted by Crippen LogP contribution is 2.39. The van der Waals surface area contributed by atoms with Crippen molar-refractivity contribution in [2.24, 2.45) is 0 Å². The van der Waals surface area contributed by atoms with Crippen LogP contribution < -0.4 is 0 Å². The summed E-state index contributed by atoms with van der Waals surface area (Å²) in [7, 11) is 8.72. The summed E-state index contributed by atoms with van der Waals surface area (Å²) in [6, 6.07) is 37.8. The molecule has 0 aliphatic carbocycles. The van der Waals surface area contributed by atoms with Crippen molar-refractivity contribution in [1.82, 2.24) is 62.4 Å². The van der Waals surface area contributed by atoms with Crippen LogP contribution in [0.1, 0.15) is 97.9 Å². The molecule has 0 fully saturated rings. The van der Waals surface area contributed by atoms with Crippen LogP contribution in [0.5, 0.6) is 0 Å². The molecule has 0 saturated carbocycles. The fraction of sp³-hybridized carbons (Fsp3) is 0.325. The summed E-state index contributed by atoms with van der Waals surface area (Å²) < 4.78 is 11.4. The molecule has 16 rings (SSSR count). The van der Waals surface area contributed by atoms with Crippen LogP contribution in [0.25, 0.3) is 49.2 Å². The first-order valence-corrected chi connectivity index (χ1v) is 34.2. The van der Waals surface area contributed by atoms with Crippen LogP contribution >= 0.6 is 11.6 Å². The summed E-state index contributed by atoms with van der Waals surface area (Å²) in [5.41, 5.74) is 23.2. The number of aromatic nitrogens is 9. The molecule has 2 atom stereocenters. The van der Waals surface area contributed by atoms with Gasteiger partial charge in [-0.05, 0) is 173 Å². The number of imidazole rings is 1. The second-order valence-electron chi connectivity index (χ2n) is 27.1. The number of fused-ring (bicyclic) bond motifs is 12. The molecule has 0 spiro atoms. The Bertz CT molecular complexity index is 4780. The van der Waals surface area contributed by atoms with Gasteiger partial charge < -0.3 is 43.5 Å². The standard InChI is InChI=1S/C22H27N3O.C20H20ClN3.C20H23N3O.C18H20N4/c1-4-22(26,17-6-5-10-23-13-17)15-25-20-8-7-16(2)12-18(20)19-14-24(3)11-9-21(19)25;1-14(15-5-8-22-9-6-15)12-24-19-4-3-16(21)11-17(19)18-13-23(2)10-7-20(18)24;1-14-4-3-5-16-17-12-22(2)11-8-18(17)23(20(14)16)13-19(24)15-6-9-21-10-7-15;1-13-4-5-17-15(10-13)16-11-20(3)8-6-18(16)22(17)14(2)21-9-7-19-12-21/h5-8,10,12-13,26H,4,9,11,14-15H2,1-3H3;3-6,8-9,11H,1,7,10,12-13H2,2H3;3-7,9-10,19,24H,8,11-13H2,1-2H3;4-5,7,9-10,12H,2,6,8,11H2,1,3H3. The van der Waals surface area contributed by atoms with Crippen molar-refractivity contribution in [1.29, 1.82) is 0 Å². The SMILES string of the molecule is C=C(Cn1c2c(c3cc(Cl)ccc31)CN(C)CC2)c1ccncc1.C=C(n1ccnc1)n1c2c(c3cc(C)ccc31)CN(C)CC2.CCC(O)(Cn1c2c(c3cc(C)ccc31)CN(C)CC2)c1cccnc1.Cc1cccc2c3c(n(CC(O)c4ccncc4)c12)CCN(C)C3. The predicted molar refractivity (Wildman–Crippen MR) is 390 cm³/mol. The summed E-state index contributed by atoms with van der Waals surface area (Å²) in [6.07, 6.45) is 20.5. The number of hydrogen-bond acceptors (Lipinski definition) is 10. The van der Waals surface area contributed by atoms with Gasteiger partial charge >= 0.3 is 0 Å². The number of aryl methyl sites for hydroxylation is 3. The van der Waals surface area contributed by atoms with Crippen LogP contribution in [0.15, 0.2) is 178 Å². The average Bonchev–Trinajstić information content (AvgIpc) is 1.63. The topological polar surface area (TPSA) is 130 Å². The Hall–Kier alpha value is -8.77. The molecular weight excluding hydrogens is 1210 g/mol. The maximum Gasteiger partial charge on any atom is 0.115 e. The smallest absolute Gasteiger partial charge is 0.115 e. The third kappa shape index (κ3) is 13.3. The molecule has 0 amide bonds. The average molecular weight is 1300 g/mol. The maximum atomic E-state index is 11.5. The molecule has 0 bridgehead atoms. The number of halogens is 1. The first kappa shape index (κ1) is 65.9. The van der Waals surface area contributed by atoms with Gasteiger partial charge in [0.05, 0.1) is 30.2 Å². The zero-order valence-corrected chi connectivity index (χ0v) is 57.7. The van der Waals surface area contributed by atoms with Crippen molar-refractivity contribution >= 4 is 60.8 Å². The highest BCUT2D eigenvalue weighted by atomic mass is 35.5. The van der Waals surface area contributed by atoms with E-state index in [4.69, 9.17) is 11.6 Å². The van der Waals surface area contributed by atoms with Crippen LogP contribution in [-0.4, -0.2) is 127 Å². The Morgan fingerprint density at radius 3 is 1.71 bits per heavy atom. The quantitative estimate of drug-likeness (QED) is 0.122. The molecule has 8 aromatic heterocycles. The van der Waals surface area contributed by atoms with Crippen LogP contribution in [-0.2, 0) is 77.1 Å². The number of hydrogen-bond donors (Lipinski definition) is 2. The van der Waals surface area contributed by atoms with E-state index in [1.54, 1.807) is 31.0 Å². The van der Waals surface area contributed by atoms with Crippen LogP contribution in [0.2, 0.25) is 5.02 Å². The second-order valence-corrected chi connectivity index (χ2v) is 27.5. The van der Waals surface area contributed by atoms with E-state index in [9.17, 15) is 10.2 Å². The van der Waals surface area contributed by atoms with Crippen molar-refractivity contribution in [2.45, 2.75) is 117 Å². The van der Waals surface area contributed by atoms with Crippen LogP contribution in [0.3, 0.4) is 0 Å². The number of aliphatic hydroxyl groups is 2. The molecule has 0 saturated heterocycles. The van der Waals surface area contributed by atoms with Crippen molar-refractivity contribution in [3.05, 3.63) is 268 Å². The molecule has 0 radical (unpaired) electrons. The van der Waals surface area contributed by atoms with Crippen LogP contribution in [0, 0.1) is 26.6 Å². The molecule has 4 aliphatic heterocycles. The number of likely N-dealkylation sites (N-methyl/N-ethyl adjacent to an activating group) is 4. The normalized spacial score (nSPS) is 15.9. The zero-order chi connectivity index (χ0) is 66.9. The number of nitrogens with zero attached hydrogens (tertiary/aromatic N) is 13. The number of benzene rings is 4. The van der Waals surface area contributed by atoms with E-state index in [0.29, 0.717) is 19.5 Å². The number of rotatable bonds is 12. The van der Waals surface area contributed by atoms with Gasteiger partial charge in [-0.3, -0.25) is 24.1 Å². The van der Waals surface area contributed by atoms with Gasteiger partial charge in [0.1, 0.15) is 17.7 Å². The molecule has 12 aromatic rings. The molecule has 96 heavy (non-hydrogen) atoms. The summed E-state index contributed by atoms with van der Waals surface area (Å²) >= 11 is 6.26. The third-order valence-corrected chi connectivity index (χ3v) is 20.6. The summed E-state index contributed by atoms with van der Waals surface area (Å²) in [4.78, 5) is 26.0. The van der Waals surface area contributed by atoms with Gasteiger partial charge in [-0.15, -0.1) is 0 Å². The summed E-state index contributed by atoms with van der Waals surface area (Å²) in [6.45, 7) is 27.3. The first-order chi connectivity index (χ1) is 46.4. The lowest BCUT2D eigenvalue weighted by atomic mass is 9.92. The Kier molecular flexibility index (Phi) is 19.3. The molecule has 2 N–H and O–H groups in total. The molecular formula is C80H90ClN13O2. The lowest BCUT2D eigenvalue weighted by Crippen LogP contribution is -2.33. The fourth-order valence-electron chi connectivity index (χ4n) is 15.1. The number of para-hydroxylation sites is 1. The summed E-state index contributed by atoms with van der Waals surface area (Å²) in [5.74, 6) is 0.942. The van der Waals surface area contributed by atoms with Gasteiger partial charge in [0.25, 0.3) is 0 Å².